The molecule has 10 heteroatoms. The number of anilines is 1. The SMILES string of the molecule is Cn1cnc2cnc3ccc(-c4ccc(CNc5ncc(C#N)cc5C(=O)NCc5ccc(F)cc5)s4)cc3c21. The van der Waals surface area contributed by atoms with Gasteiger partial charge in [0, 0.05) is 34.9 Å². The molecule has 0 spiro atoms. The smallest absolute Gasteiger partial charge is 0.255 e. The Morgan fingerprint density at radius 2 is 1.85 bits per heavy atom. The van der Waals surface area contributed by atoms with Gasteiger partial charge in [0.1, 0.15) is 23.2 Å². The number of carbonyl (C=O) groups is 1. The van der Waals surface area contributed by atoms with Gasteiger partial charge in [0.05, 0.1) is 41.2 Å². The Labute approximate surface area is 232 Å². The lowest BCUT2D eigenvalue weighted by molar-refractivity contribution is 0.0951. The van der Waals surface area contributed by atoms with Gasteiger partial charge >= 0.3 is 0 Å². The molecule has 0 atom stereocenters. The second-order valence-electron chi connectivity index (χ2n) is 9.24. The summed E-state index contributed by atoms with van der Waals surface area (Å²) < 4.78 is 15.2. The highest BCUT2D eigenvalue weighted by Gasteiger charge is 2.15. The van der Waals surface area contributed by atoms with Crippen LogP contribution in [0.5, 0.6) is 0 Å². The van der Waals surface area contributed by atoms with E-state index >= 15 is 0 Å². The first-order valence-electron chi connectivity index (χ1n) is 12.4. The maximum Gasteiger partial charge on any atom is 0.255 e. The van der Waals surface area contributed by atoms with Crippen molar-refractivity contribution in [3.8, 4) is 16.5 Å². The molecule has 196 valence electrons. The highest BCUT2D eigenvalue weighted by molar-refractivity contribution is 7.15. The number of aromatic nitrogens is 4. The van der Waals surface area contributed by atoms with Crippen LogP contribution in [0.15, 0.2) is 79.4 Å². The maximum absolute atomic E-state index is 13.2. The molecule has 6 rings (SSSR count). The molecule has 4 heterocycles. The van der Waals surface area contributed by atoms with Crippen molar-refractivity contribution in [3.63, 3.8) is 0 Å². The van der Waals surface area contributed by atoms with E-state index in [9.17, 15) is 14.4 Å². The zero-order valence-corrected chi connectivity index (χ0v) is 22.2. The van der Waals surface area contributed by atoms with E-state index < -0.39 is 0 Å². The summed E-state index contributed by atoms with van der Waals surface area (Å²) in [6, 6.07) is 19.8. The van der Waals surface area contributed by atoms with Crippen LogP contribution >= 0.6 is 11.3 Å². The fourth-order valence-electron chi connectivity index (χ4n) is 4.51. The van der Waals surface area contributed by atoms with E-state index in [0.717, 1.165) is 42.8 Å². The molecule has 0 radical (unpaired) electrons. The first kappa shape index (κ1) is 25.2. The van der Waals surface area contributed by atoms with Crippen molar-refractivity contribution in [2.75, 3.05) is 5.32 Å². The van der Waals surface area contributed by atoms with Gasteiger partial charge in [0.2, 0.25) is 0 Å². The molecule has 0 aliphatic carbocycles. The van der Waals surface area contributed by atoms with Crippen molar-refractivity contribution in [3.05, 3.63) is 107 Å². The average molecular weight is 548 g/mol. The van der Waals surface area contributed by atoms with Crippen molar-refractivity contribution in [1.29, 1.82) is 5.26 Å². The number of imidazole rings is 1. The first-order chi connectivity index (χ1) is 19.5. The van der Waals surface area contributed by atoms with Crippen molar-refractivity contribution in [2.45, 2.75) is 13.1 Å². The van der Waals surface area contributed by atoms with Crippen molar-refractivity contribution < 1.29 is 9.18 Å². The molecule has 0 fully saturated rings. The maximum atomic E-state index is 13.2. The number of rotatable bonds is 7. The third kappa shape index (κ3) is 4.98. The highest BCUT2D eigenvalue weighted by Crippen LogP contribution is 2.32. The minimum atomic E-state index is -0.380. The molecule has 40 heavy (non-hydrogen) atoms. The van der Waals surface area contributed by atoms with Crippen LogP contribution in [-0.2, 0) is 20.1 Å². The lowest BCUT2D eigenvalue weighted by Crippen LogP contribution is -2.24. The van der Waals surface area contributed by atoms with Gasteiger partial charge in [0.15, 0.2) is 0 Å². The molecule has 0 aliphatic heterocycles. The Morgan fingerprint density at radius 3 is 2.67 bits per heavy atom. The van der Waals surface area contributed by atoms with Gasteiger partial charge in [-0.2, -0.15) is 5.26 Å². The molecule has 6 aromatic rings. The Morgan fingerprint density at radius 1 is 1.00 bits per heavy atom. The van der Waals surface area contributed by atoms with E-state index in [1.54, 1.807) is 36.0 Å². The number of aryl methyl sites for hydroxylation is 1. The van der Waals surface area contributed by atoms with Crippen LogP contribution in [0.3, 0.4) is 0 Å². The molecule has 4 aromatic heterocycles. The van der Waals surface area contributed by atoms with Gasteiger partial charge in [-0.15, -0.1) is 11.3 Å². The number of thiophene rings is 1. The van der Waals surface area contributed by atoms with Crippen LogP contribution in [-0.4, -0.2) is 25.4 Å². The minimum Gasteiger partial charge on any atom is -0.365 e. The van der Waals surface area contributed by atoms with Crippen LogP contribution in [0.4, 0.5) is 10.2 Å². The quantitative estimate of drug-likeness (QED) is 0.262. The van der Waals surface area contributed by atoms with Gasteiger partial charge in [-0.1, -0.05) is 18.2 Å². The lowest BCUT2D eigenvalue weighted by Gasteiger charge is -2.11. The zero-order valence-electron chi connectivity index (χ0n) is 21.4. The number of nitriles is 1. The molecule has 0 bridgehead atoms. The standard InChI is InChI=1S/C30H22FN7OS/c1-38-17-37-26-16-33-25-8-4-20(11-23(25)28(26)38)27-9-7-22(40-27)15-35-29-24(10-19(12-32)14-34-29)30(39)36-13-18-2-5-21(31)6-3-18/h2-11,14,16-17H,13,15H2,1H3,(H,34,35)(H,36,39). The first-order valence-corrected chi connectivity index (χ1v) is 13.3. The number of amides is 1. The third-order valence-electron chi connectivity index (χ3n) is 6.55. The Hall–Kier alpha value is -5.14. The molecule has 2 aromatic carbocycles. The third-order valence-corrected chi connectivity index (χ3v) is 7.68. The van der Waals surface area contributed by atoms with Gasteiger partial charge in [-0.25, -0.2) is 14.4 Å². The zero-order chi connectivity index (χ0) is 27.6. The lowest BCUT2D eigenvalue weighted by atomic mass is 10.1. The van der Waals surface area contributed by atoms with Crippen LogP contribution in [0.1, 0.15) is 26.4 Å². The topological polar surface area (TPSA) is 109 Å². The number of carbonyl (C=O) groups excluding carboxylic acids is 1. The summed E-state index contributed by atoms with van der Waals surface area (Å²) in [5.74, 6) is -0.344. The van der Waals surface area contributed by atoms with E-state index in [2.05, 4.69) is 43.8 Å². The molecule has 1 amide bonds. The van der Waals surface area contributed by atoms with Gasteiger partial charge in [-0.05, 0) is 53.6 Å². The van der Waals surface area contributed by atoms with Crippen molar-refractivity contribution in [2.24, 2.45) is 7.05 Å². The van der Waals surface area contributed by atoms with Gasteiger partial charge < -0.3 is 15.2 Å². The molecular weight excluding hydrogens is 525 g/mol. The summed E-state index contributed by atoms with van der Waals surface area (Å²) in [5.41, 5.74) is 5.20. The van der Waals surface area contributed by atoms with Crippen LogP contribution < -0.4 is 10.6 Å². The summed E-state index contributed by atoms with van der Waals surface area (Å²) in [4.78, 5) is 28.4. The Balaban J connectivity index is 1.20. The van der Waals surface area contributed by atoms with E-state index in [1.807, 2.05) is 29.8 Å². The molecule has 0 saturated carbocycles. The number of benzene rings is 2. The second-order valence-corrected chi connectivity index (χ2v) is 10.4. The number of nitrogens with zero attached hydrogens (tertiary/aromatic N) is 5. The molecule has 2 N–H and O–H groups in total. The Kier molecular flexibility index (Phi) is 6.64. The summed E-state index contributed by atoms with van der Waals surface area (Å²) in [6.45, 7) is 0.666. The predicted molar refractivity (Wildman–Crippen MR) is 153 cm³/mol. The predicted octanol–water partition coefficient (Wildman–Crippen LogP) is 5.80. The minimum absolute atomic E-state index is 0.218. The summed E-state index contributed by atoms with van der Waals surface area (Å²) >= 11 is 1.64. The summed E-state index contributed by atoms with van der Waals surface area (Å²) in [6.07, 6.45) is 5.02. The molecule has 0 unspecified atom stereocenters. The van der Waals surface area contributed by atoms with Crippen molar-refractivity contribution >= 4 is 45.0 Å². The summed E-state index contributed by atoms with van der Waals surface area (Å²) in [7, 11) is 1.98. The van der Waals surface area contributed by atoms with Crippen molar-refractivity contribution in [1.82, 2.24) is 24.8 Å². The van der Waals surface area contributed by atoms with Crippen LogP contribution in [0, 0.1) is 17.1 Å². The normalized spacial score (nSPS) is 11.0. The summed E-state index contributed by atoms with van der Waals surface area (Å²) in [5, 5.41) is 16.4. The van der Waals surface area contributed by atoms with E-state index in [-0.39, 0.29) is 29.4 Å². The number of hydrogen-bond donors (Lipinski definition) is 2. The number of nitrogens with one attached hydrogen (secondary N) is 2. The number of pyridine rings is 2. The average Bonchev–Trinajstić information content (AvgIpc) is 3.62. The molecule has 0 saturated heterocycles. The number of halogens is 1. The van der Waals surface area contributed by atoms with Crippen LogP contribution in [0.25, 0.3) is 32.4 Å². The van der Waals surface area contributed by atoms with E-state index in [0.29, 0.717) is 12.4 Å². The van der Waals surface area contributed by atoms with E-state index in [1.165, 1.54) is 24.4 Å². The largest absolute Gasteiger partial charge is 0.365 e. The second kappa shape index (κ2) is 10.6. The Bertz CT molecular complexity index is 1920. The molecule has 0 aliphatic rings. The van der Waals surface area contributed by atoms with E-state index in [4.69, 9.17) is 0 Å². The molecular formula is C30H22FN7OS. The molecule has 8 nitrogen and oxygen atoms in total. The van der Waals surface area contributed by atoms with Gasteiger partial charge in [0.25, 0.3) is 5.91 Å². The monoisotopic (exact) mass is 547 g/mol. The number of hydrogen-bond acceptors (Lipinski definition) is 7. The van der Waals surface area contributed by atoms with Gasteiger partial charge in [-0.3, -0.25) is 9.78 Å². The fourth-order valence-corrected chi connectivity index (χ4v) is 5.46. The van der Waals surface area contributed by atoms with Crippen LogP contribution in [0.2, 0.25) is 0 Å². The highest BCUT2D eigenvalue weighted by atomic mass is 32.1. The number of fused-ring (bicyclic) bond motifs is 3. The fraction of sp³-hybridized carbons (Fsp3) is 0.100.